The second kappa shape index (κ2) is 6.79. The highest BCUT2D eigenvalue weighted by Crippen LogP contribution is 2.23. The first-order valence-electron chi connectivity index (χ1n) is 7.85. The van der Waals surface area contributed by atoms with Crippen LogP contribution in [0.15, 0.2) is 12.1 Å². The largest absolute Gasteiger partial charge is 0.354 e. The maximum absolute atomic E-state index is 12.7. The van der Waals surface area contributed by atoms with Crippen molar-refractivity contribution >= 4 is 23.3 Å². The van der Waals surface area contributed by atoms with Crippen LogP contribution in [-0.2, 0) is 4.79 Å². The fourth-order valence-corrected chi connectivity index (χ4v) is 3.25. The van der Waals surface area contributed by atoms with Gasteiger partial charge in [-0.1, -0.05) is 11.6 Å². The first-order chi connectivity index (χ1) is 10.6. The van der Waals surface area contributed by atoms with Crippen LogP contribution in [0.1, 0.15) is 12.8 Å². The van der Waals surface area contributed by atoms with E-state index in [1.807, 2.05) is 11.0 Å². The van der Waals surface area contributed by atoms with Gasteiger partial charge in [0.2, 0.25) is 5.91 Å². The zero-order valence-electron chi connectivity index (χ0n) is 12.9. The zero-order valence-corrected chi connectivity index (χ0v) is 13.7. The summed E-state index contributed by atoms with van der Waals surface area (Å²) in [6.07, 6.45) is 1.97. The predicted octanol–water partition coefficient (Wildman–Crippen LogP) is 1.12. The van der Waals surface area contributed by atoms with Crippen molar-refractivity contribution in [1.82, 2.24) is 20.0 Å². The van der Waals surface area contributed by atoms with Crippen LogP contribution in [0.5, 0.6) is 0 Å². The molecule has 3 heterocycles. The summed E-state index contributed by atoms with van der Waals surface area (Å²) in [5.41, 5.74) is 0. The molecule has 2 aliphatic rings. The van der Waals surface area contributed by atoms with Crippen LogP contribution in [0.4, 0.5) is 5.82 Å². The molecule has 2 saturated heterocycles. The lowest BCUT2D eigenvalue weighted by Gasteiger charge is -2.38. The summed E-state index contributed by atoms with van der Waals surface area (Å²) in [5, 5.41) is 8.42. The Hall–Kier alpha value is -1.40. The molecule has 0 radical (unpaired) electrons. The van der Waals surface area contributed by atoms with E-state index < -0.39 is 0 Å². The fourth-order valence-electron chi connectivity index (χ4n) is 3.15. The normalized spacial score (nSPS) is 23.6. The van der Waals surface area contributed by atoms with Crippen LogP contribution in [0.25, 0.3) is 0 Å². The van der Waals surface area contributed by atoms with E-state index in [4.69, 9.17) is 11.6 Å². The molecule has 6 nitrogen and oxygen atoms in total. The second-order valence-electron chi connectivity index (χ2n) is 6.13. The van der Waals surface area contributed by atoms with Crippen LogP contribution in [0.2, 0.25) is 5.15 Å². The number of likely N-dealkylation sites (N-methyl/N-ethyl adjacent to an activating group) is 1. The Balaban J connectivity index is 1.62. The summed E-state index contributed by atoms with van der Waals surface area (Å²) in [6.45, 7) is 5.25. The van der Waals surface area contributed by atoms with Gasteiger partial charge < -0.3 is 14.7 Å². The molecule has 0 aliphatic carbocycles. The van der Waals surface area contributed by atoms with E-state index in [1.54, 1.807) is 6.07 Å². The lowest BCUT2D eigenvalue weighted by molar-refractivity contribution is -0.137. The molecular formula is C15H22ClN5O. The third-order valence-corrected chi connectivity index (χ3v) is 4.73. The van der Waals surface area contributed by atoms with Gasteiger partial charge in [-0.25, -0.2) is 0 Å². The molecule has 0 saturated carbocycles. The Morgan fingerprint density at radius 2 is 1.95 bits per heavy atom. The van der Waals surface area contributed by atoms with Gasteiger partial charge in [0.15, 0.2) is 11.0 Å². The third kappa shape index (κ3) is 3.50. The monoisotopic (exact) mass is 323 g/mol. The van der Waals surface area contributed by atoms with Gasteiger partial charge in [-0.05, 0) is 32.0 Å². The van der Waals surface area contributed by atoms with Crippen molar-refractivity contribution in [3.05, 3.63) is 17.3 Å². The van der Waals surface area contributed by atoms with Crippen LogP contribution in [-0.4, -0.2) is 72.2 Å². The minimum Gasteiger partial charge on any atom is -0.354 e. The van der Waals surface area contributed by atoms with Gasteiger partial charge in [-0.3, -0.25) is 4.79 Å². The smallest absolute Gasteiger partial charge is 0.227 e. The van der Waals surface area contributed by atoms with Crippen LogP contribution in [0.3, 0.4) is 0 Å². The van der Waals surface area contributed by atoms with Crippen molar-refractivity contribution in [2.45, 2.75) is 12.8 Å². The number of carbonyl (C=O) groups is 1. The molecule has 0 bridgehead atoms. The molecule has 1 aromatic rings. The van der Waals surface area contributed by atoms with Gasteiger partial charge in [0.05, 0.1) is 5.92 Å². The molecule has 1 amide bonds. The second-order valence-corrected chi connectivity index (χ2v) is 6.52. The molecule has 22 heavy (non-hydrogen) atoms. The minimum atomic E-state index is 0.0645. The molecule has 120 valence electrons. The molecule has 0 unspecified atom stereocenters. The number of hydrogen-bond donors (Lipinski definition) is 0. The summed E-state index contributed by atoms with van der Waals surface area (Å²) in [4.78, 5) is 19.1. The third-order valence-electron chi connectivity index (χ3n) is 4.53. The average Bonchev–Trinajstić information content (AvgIpc) is 2.56. The molecule has 1 aromatic heterocycles. The van der Waals surface area contributed by atoms with Gasteiger partial charge in [-0.15, -0.1) is 10.2 Å². The van der Waals surface area contributed by atoms with E-state index in [1.165, 1.54) is 0 Å². The van der Waals surface area contributed by atoms with Gasteiger partial charge in [0.25, 0.3) is 0 Å². The number of aromatic nitrogens is 2. The first-order valence-corrected chi connectivity index (χ1v) is 8.23. The molecule has 0 spiro atoms. The first kappa shape index (κ1) is 15.5. The van der Waals surface area contributed by atoms with Gasteiger partial charge >= 0.3 is 0 Å². The van der Waals surface area contributed by atoms with Gasteiger partial charge in [0, 0.05) is 39.3 Å². The van der Waals surface area contributed by atoms with E-state index in [0.29, 0.717) is 11.1 Å². The maximum Gasteiger partial charge on any atom is 0.227 e. The Bertz CT molecular complexity index is 515. The highest BCUT2D eigenvalue weighted by molar-refractivity contribution is 6.29. The number of carbonyl (C=O) groups excluding carboxylic acids is 1. The summed E-state index contributed by atoms with van der Waals surface area (Å²) >= 11 is 5.79. The summed E-state index contributed by atoms with van der Waals surface area (Å²) in [7, 11) is 2.10. The highest BCUT2D eigenvalue weighted by Gasteiger charge is 2.31. The van der Waals surface area contributed by atoms with Crippen molar-refractivity contribution in [2.75, 3.05) is 51.2 Å². The van der Waals surface area contributed by atoms with E-state index in [9.17, 15) is 4.79 Å². The molecule has 2 fully saturated rings. The standard InChI is InChI=1S/C15H22ClN5O/c1-19-7-9-20(10-8-19)15(22)12-3-2-6-21(11-12)14-5-4-13(16)17-18-14/h4-5,12H,2-3,6-11H2,1H3/t12-/m0/s1. The predicted molar refractivity (Wildman–Crippen MR) is 86.1 cm³/mol. The summed E-state index contributed by atoms with van der Waals surface area (Å²) in [6, 6.07) is 3.62. The lowest BCUT2D eigenvalue weighted by Crippen LogP contribution is -2.51. The van der Waals surface area contributed by atoms with Gasteiger partial charge in [-0.2, -0.15) is 0 Å². The van der Waals surface area contributed by atoms with E-state index in [0.717, 1.165) is 57.9 Å². The number of anilines is 1. The van der Waals surface area contributed by atoms with Crippen molar-refractivity contribution in [3.63, 3.8) is 0 Å². The fraction of sp³-hybridized carbons (Fsp3) is 0.667. The number of piperidine rings is 1. The molecule has 3 rings (SSSR count). The molecule has 1 atom stereocenters. The van der Waals surface area contributed by atoms with Crippen LogP contribution in [0, 0.1) is 5.92 Å². The van der Waals surface area contributed by atoms with E-state index in [-0.39, 0.29) is 5.92 Å². The molecular weight excluding hydrogens is 302 g/mol. The SMILES string of the molecule is CN1CCN(C(=O)[C@H]2CCCN(c3ccc(Cl)nn3)C2)CC1. The Labute approximate surface area is 136 Å². The summed E-state index contributed by atoms with van der Waals surface area (Å²) in [5.74, 6) is 1.16. The number of piperazine rings is 1. The quantitative estimate of drug-likeness (QED) is 0.816. The zero-order chi connectivity index (χ0) is 15.5. The van der Waals surface area contributed by atoms with Crippen molar-refractivity contribution < 1.29 is 4.79 Å². The van der Waals surface area contributed by atoms with E-state index in [2.05, 4.69) is 27.0 Å². The Kier molecular flexibility index (Phi) is 4.78. The van der Waals surface area contributed by atoms with Crippen molar-refractivity contribution in [3.8, 4) is 0 Å². The number of hydrogen-bond acceptors (Lipinski definition) is 5. The van der Waals surface area contributed by atoms with Crippen molar-refractivity contribution in [1.29, 1.82) is 0 Å². The molecule has 0 aromatic carbocycles. The number of halogens is 1. The molecule has 7 heteroatoms. The Morgan fingerprint density at radius 1 is 1.18 bits per heavy atom. The van der Waals surface area contributed by atoms with Crippen LogP contribution < -0.4 is 4.90 Å². The number of nitrogens with zero attached hydrogens (tertiary/aromatic N) is 5. The molecule has 0 N–H and O–H groups in total. The average molecular weight is 324 g/mol. The van der Waals surface area contributed by atoms with Gasteiger partial charge in [0.1, 0.15) is 0 Å². The highest BCUT2D eigenvalue weighted by atomic mass is 35.5. The van der Waals surface area contributed by atoms with Crippen molar-refractivity contribution in [2.24, 2.45) is 5.92 Å². The van der Waals surface area contributed by atoms with Crippen LogP contribution >= 0.6 is 11.6 Å². The number of rotatable bonds is 2. The lowest BCUT2D eigenvalue weighted by atomic mass is 9.96. The van der Waals surface area contributed by atoms with E-state index >= 15 is 0 Å². The number of amides is 1. The Morgan fingerprint density at radius 3 is 2.64 bits per heavy atom. The topological polar surface area (TPSA) is 52.6 Å². The minimum absolute atomic E-state index is 0.0645. The molecule has 2 aliphatic heterocycles. The maximum atomic E-state index is 12.7. The summed E-state index contributed by atoms with van der Waals surface area (Å²) < 4.78 is 0.